The van der Waals surface area contributed by atoms with E-state index >= 15 is 0 Å². The lowest BCUT2D eigenvalue weighted by Gasteiger charge is -2.10. The van der Waals surface area contributed by atoms with Gasteiger partial charge in [0.05, 0.1) is 0 Å². The van der Waals surface area contributed by atoms with Gasteiger partial charge in [0.2, 0.25) is 5.91 Å². The van der Waals surface area contributed by atoms with Gasteiger partial charge in [0, 0.05) is 31.6 Å². The lowest BCUT2D eigenvalue weighted by molar-refractivity contribution is -0.114. The minimum absolute atomic E-state index is 0.0157. The van der Waals surface area contributed by atoms with Gasteiger partial charge in [-0.2, -0.15) is 0 Å². The molecule has 0 aliphatic carbocycles. The number of rotatable bonds is 4. The Balaban J connectivity index is 2.20. The quantitative estimate of drug-likeness (QED) is 0.660. The second kappa shape index (κ2) is 7.29. The number of nitrogens with one attached hydrogen (secondary N) is 1. The van der Waals surface area contributed by atoms with Gasteiger partial charge >= 0.3 is 5.69 Å². The molecule has 2 aromatic rings. The van der Waals surface area contributed by atoms with Crippen LogP contribution in [0.3, 0.4) is 0 Å². The smallest absolute Gasteiger partial charge is 0.326 e. The van der Waals surface area contributed by atoms with E-state index in [4.69, 9.17) is 11.6 Å². The van der Waals surface area contributed by atoms with Gasteiger partial charge in [-0.15, -0.1) is 0 Å². The first kappa shape index (κ1) is 17.7. The monoisotopic (exact) mass is 371 g/mol. The average molecular weight is 372 g/mol. The Bertz CT molecular complexity index is 822. The number of halogens is 1. The third-order valence-electron chi connectivity index (χ3n) is 2.95. The Morgan fingerprint density at radius 2 is 1.70 bits per heavy atom. The van der Waals surface area contributed by atoms with Crippen LogP contribution in [0.5, 0.6) is 0 Å². The van der Waals surface area contributed by atoms with Crippen molar-refractivity contribution in [3.8, 4) is 0 Å². The summed E-state index contributed by atoms with van der Waals surface area (Å²) in [7, 11) is 5.55. The number of aromatic nitrogens is 2. The molecule has 0 aliphatic rings. The van der Waals surface area contributed by atoms with Gasteiger partial charge in [-0.3, -0.25) is 18.7 Å². The molecule has 1 heterocycles. The Hall–Kier alpha value is -1.64. The summed E-state index contributed by atoms with van der Waals surface area (Å²) in [6, 6.07) is 7.20. The summed E-state index contributed by atoms with van der Waals surface area (Å²) in [5, 5.41) is 3.09. The lowest BCUT2D eigenvalue weighted by atomic mass is 10.3. The summed E-state index contributed by atoms with van der Waals surface area (Å²) in [5.41, 5.74) is -0.242. The van der Waals surface area contributed by atoms with Crippen LogP contribution < -0.4 is 16.6 Å². The first-order chi connectivity index (χ1) is 10.8. The van der Waals surface area contributed by atoms with E-state index in [2.05, 4.69) is 5.32 Å². The highest BCUT2D eigenvalue weighted by atomic mass is 35.5. The van der Waals surface area contributed by atoms with Gasteiger partial charge < -0.3 is 5.32 Å². The van der Waals surface area contributed by atoms with Crippen molar-refractivity contribution in [3.63, 3.8) is 0 Å². The Labute approximate surface area is 145 Å². The largest absolute Gasteiger partial charge is 0.331 e. The Morgan fingerprint density at radius 1 is 1.09 bits per heavy atom. The molecule has 1 amide bonds. The topological polar surface area (TPSA) is 73.1 Å². The Kier molecular flexibility index (Phi) is 5.61. The van der Waals surface area contributed by atoms with Crippen molar-refractivity contribution in [3.05, 3.63) is 50.1 Å². The van der Waals surface area contributed by atoms with E-state index in [1.54, 1.807) is 19.2 Å². The van der Waals surface area contributed by atoms with E-state index in [-0.39, 0.29) is 10.9 Å². The molecule has 2 rings (SSSR count). The van der Waals surface area contributed by atoms with E-state index in [0.717, 1.165) is 9.46 Å². The average Bonchev–Trinajstić information content (AvgIpc) is 2.52. The summed E-state index contributed by atoms with van der Waals surface area (Å²) in [5.74, 6) is -0.137. The lowest BCUT2D eigenvalue weighted by Crippen LogP contribution is -2.37. The van der Waals surface area contributed by atoms with Crippen LogP contribution in [-0.4, -0.2) is 15.0 Å². The van der Waals surface area contributed by atoms with Crippen molar-refractivity contribution in [2.24, 2.45) is 14.1 Å². The molecule has 0 bridgehead atoms. The van der Waals surface area contributed by atoms with Crippen LogP contribution in [0.1, 0.15) is 6.92 Å². The number of nitrogens with zero attached hydrogens (tertiary/aromatic N) is 2. The molecule has 1 aromatic carbocycles. The van der Waals surface area contributed by atoms with Crippen molar-refractivity contribution in [1.29, 1.82) is 0 Å². The molecule has 9 heteroatoms. The number of hydrogen-bond donors (Lipinski definition) is 1. The highest BCUT2D eigenvalue weighted by molar-refractivity contribution is 8.76. The van der Waals surface area contributed by atoms with E-state index in [9.17, 15) is 14.4 Å². The summed E-state index contributed by atoms with van der Waals surface area (Å²) >= 11 is 6.05. The molecule has 0 atom stereocenters. The molecule has 1 aromatic heterocycles. The predicted molar refractivity (Wildman–Crippen MR) is 94.4 cm³/mol. The van der Waals surface area contributed by atoms with Crippen LogP contribution >= 0.6 is 33.2 Å². The SMILES string of the molecule is CC(=O)Nc1ccc(SSc2c(Cl)c(=O)n(C)c(=O)n2C)cc1. The molecule has 0 radical (unpaired) electrons. The number of carbonyl (C=O) groups excluding carboxylic acids is 1. The van der Waals surface area contributed by atoms with Crippen LogP contribution in [0.15, 0.2) is 43.8 Å². The van der Waals surface area contributed by atoms with E-state index in [1.165, 1.54) is 40.1 Å². The molecule has 0 saturated heterocycles. The number of anilines is 1. The highest BCUT2D eigenvalue weighted by Gasteiger charge is 2.14. The summed E-state index contributed by atoms with van der Waals surface area (Å²) in [6.45, 7) is 1.44. The normalized spacial score (nSPS) is 10.6. The zero-order chi connectivity index (χ0) is 17.1. The first-order valence-electron chi connectivity index (χ1n) is 6.49. The molecular formula is C14H14ClN3O3S2. The molecule has 0 spiro atoms. The third-order valence-corrected chi connectivity index (χ3v) is 5.89. The number of benzene rings is 1. The van der Waals surface area contributed by atoms with Gasteiger partial charge in [-0.05, 0) is 35.1 Å². The molecule has 0 saturated carbocycles. The van der Waals surface area contributed by atoms with Crippen molar-refractivity contribution in [2.45, 2.75) is 16.8 Å². The summed E-state index contributed by atoms with van der Waals surface area (Å²) < 4.78 is 2.31. The standard InChI is InChI=1S/C14H14ClN3O3S2/c1-8(19)16-9-4-6-10(7-5-9)22-23-13-11(15)12(20)17(2)14(21)18(13)3/h4-7H,1-3H3,(H,16,19). The Morgan fingerprint density at radius 3 is 2.26 bits per heavy atom. The van der Waals surface area contributed by atoms with Crippen molar-refractivity contribution < 1.29 is 4.79 Å². The van der Waals surface area contributed by atoms with Crippen LogP contribution in [-0.2, 0) is 18.9 Å². The van der Waals surface area contributed by atoms with Crippen LogP contribution in [0.2, 0.25) is 5.02 Å². The zero-order valence-electron chi connectivity index (χ0n) is 12.6. The van der Waals surface area contributed by atoms with Gasteiger partial charge in [-0.25, -0.2) is 4.79 Å². The molecule has 23 heavy (non-hydrogen) atoms. The maximum absolute atomic E-state index is 11.9. The van der Waals surface area contributed by atoms with Crippen molar-refractivity contribution in [2.75, 3.05) is 5.32 Å². The second-order valence-corrected chi connectivity index (χ2v) is 7.27. The molecule has 0 unspecified atom stereocenters. The van der Waals surface area contributed by atoms with Crippen LogP contribution in [0.4, 0.5) is 5.69 Å². The zero-order valence-corrected chi connectivity index (χ0v) is 15.0. The molecule has 6 nitrogen and oxygen atoms in total. The van der Waals surface area contributed by atoms with Crippen molar-refractivity contribution in [1.82, 2.24) is 9.13 Å². The molecule has 0 aliphatic heterocycles. The summed E-state index contributed by atoms with van der Waals surface area (Å²) in [6.07, 6.45) is 0. The fraction of sp³-hybridized carbons (Fsp3) is 0.214. The predicted octanol–water partition coefficient (Wildman–Crippen LogP) is 2.50. The van der Waals surface area contributed by atoms with Gasteiger partial charge in [0.15, 0.2) is 0 Å². The van der Waals surface area contributed by atoms with E-state index in [1.807, 2.05) is 12.1 Å². The second-order valence-electron chi connectivity index (χ2n) is 4.70. The molecular weight excluding hydrogens is 358 g/mol. The number of carbonyl (C=O) groups is 1. The maximum atomic E-state index is 11.9. The summed E-state index contributed by atoms with van der Waals surface area (Å²) in [4.78, 5) is 35.7. The van der Waals surface area contributed by atoms with E-state index < -0.39 is 11.2 Å². The third kappa shape index (κ3) is 4.01. The number of hydrogen-bond acceptors (Lipinski definition) is 5. The number of amides is 1. The van der Waals surface area contributed by atoms with Gasteiger partial charge in [-0.1, -0.05) is 22.4 Å². The van der Waals surface area contributed by atoms with E-state index in [0.29, 0.717) is 10.7 Å². The fourth-order valence-corrected chi connectivity index (χ4v) is 4.49. The molecule has 0 fully saturated rings. The maximum Gasteiger partial charge on any atom is 0.331 e. The van der Waals surface area contributed by atoms with Crippen molar-refractivity contribution >= 4 is 44.8 Å². The van der Waals surface area contributed by atoms with Crippen LogP contribution in [0.25, 0.3) is 0 Å². The van der Waals surface area contributed by atoms with Gasteiger partial charge in [0.1, 0.15) is 10.0 Å². The van der Waals surface area contributed by atoms with Gasteiger partial charge in [0.25, 0.3) is 5.56 Å². The van der Waals surface area contributed by atoms with Crippen LogP contribution in [0, 0.1) is 0 Å². The molecule has 1 N–H and O–H groups in total. The minimum Gasteiger partial charge on any atom is -0.326 e. The highest BCUT2D eigenvalue weighted by Crippen LogP contribution is 2.39. The fourth-order valence-electron chi connectivity index (χ4n) is 1.76. The molecule has 122 valence electrons. The first-order valence-corrected chi connectivity index (χ1v) is 9.01. The minimum atomic E-state index is -0.515.